The van der Waals surface area contributed by atoms with Crippen LogP contribution in [0.4, 0.5) is 11.4 Å². The predicted octanol–water partition coefficient (Wildman–Crippen LogP) is 5.47. The smallest absolute Gasteiger partial charge is 0.255 e. The Morgan fingerprint density at radius 2 is 1.75 bits per heavy atom. The summed E-state index contributed by atoms with van der Waals surface area (Å²) in [7, 11) is -3.63. The first-order valence-electron chi connectivity index (χ1n) is 11.5. The monoisotopic (exact) mass is 519 g/mol. The number of nitrogens with one attached hydrogen (secondary N) is 1. The normalized spacial score (nSPS) is 13.2. The topological polar surface area (TPSA) is 118 Å². The van der Waals surface area contributed by atoms with Gasteiger partial charge in [0.25, 0.3) is 5.91 Å². The zero-order valence-electron chi connectivity index (χ0n) is 20.3. The Morgan fingerprint density at radius 1 is 1.03 bits per heavy atom. The molecule has 0 aliphatic rings. The summed E-state index contributed by atoms with van der Waals surface area (Å²) in [6.45, 7) is 3.49. The third kappa shape index (κ3) is 6.31. The van der Waals surface area contributed by atoms with Crippen LogP contribution in [-0.2, 0) is 11.0 Å². The molecule has 4 aromatic rings. The van der Waals surface area contributed by atoms with Crippen molar-refractivity contribution in [3.8, 4) is 10.4 Å². The Bertz CT molecular complexity index is 1410. The molecule has 8 heteroatoms. The molecule has 6 N–H and O–H groups in total. The first-order valence-corrected chi connectivity index (χ1v) is 14.3. The Labute approximate surface area is 215 Å². The molecule has 0 aliphatic carbocycles. The average molecular weight is 520 g/mol. The van der Waals surface area contributed by atoms with E-state index in [4.69, 9.17) is 11.5 Å². The fourth-order valence-electron chi connectivity index (χ4n) is 4.09. The minimum Gasteiger partial charge on any atom is -0.397 e. The largest absolute Gasteiger partial charge is 0.397 e. The van der Waals surface area contributed by atoms with Crippen LogP contribution in [0.25, 0.3) is 10.4 Å². The second-order valence-corrected chi connectivity index (χ2v) is 12.7. The van der Waals surface area contributed by atoms with E-state index in [0.717, 1.165) is 21.6 Å². The number of benzene rings is 3. The number of rotatable bonds is 8. The van der Waals surface area contributed by atoms with E-state index < -0.39 is 12.9 Å². The minimum absolute atomic E-state index is 0.00701. The van der Waals surface area contributed by atoms with Crippen LogP contribution in [0, 0.1) is 0 Å². The van der Waals surface area contributed by atoms with Gasteiger partial charge in [-0.25, -0.2) is 0 Å². The van der Waals surface area contributed by atoms with Crippen molar-refractivity contribution in [2.24, 2.45) is 5.73 Å². The number of anilines is 2. The summed E-state index contributed by atoms with van der Waals surface area (Å²) in [6.07, 6.45) is 0.455. The highest BCUT2D eigenvalue weighted by molar-refractivity contribution is 7.66. The average Bonchev–Trinajstić information content (AvgIpc) is 3.35. The van der Waals surface area contributed by atoms with Crippen LogP contribution in [-0.4, -0.2) is 22.5 Å². The van der Waals surface area contributed by atoms with Crippen molar-refractivity contribution >= 4 is 41.3 Å². The van der Waals surface area contributed by atoms with Gasteiger partial charge in [-0.1, -0.05) is 42.5 Å². The summed E-state index contributed by atoms with van der Waals surface area (Å²) in [5.41, 5.74) is 15.6. The molecule has 0 saturated carbocycles. The van der Waals surface area contributed by atoms with E-state index in [9.17, 15) is 14.3 Å². The van der Waals surface area contributed by atoms with Gasteiger partial charge in [-0.15, -0.1) is 11.3 Å². The highest BCUT2D eigenvalue weighted by atomic mass is 32.1. The van der Waals surface area contributed by atoms with Crippen LogP contribution in [0.5, 0.6) is 0 Å². The third-order valence-electron chi connectivity index (χ3n) is 5.71. The first-order chi connectivity index (χ1) is 17.0. The van der Waals surface area contributed by atoms with E-state index in [1.807, 2.05) is 53.9 Å². The van der Waals surface area contributed by atoms with E-state index in [0.29, 0.717) is 28.7 Å². The van der Waals surface area contributed by atoms with Gasteiger partial charge in [0.15, 0.2) is 0 Å². The van der Waals surface area contributed by atoms with Crippen molar-refractivity contribution in [1.82, 2.24) is 0 Å². The van der Waals surface area contributed by atoms with Crippen LogP contribution in [0.1, 0.15) is 35.3 Å². The van der Waals surface area contributed by atoms with Gasteiger partial charge >= 0.3 is 0 Å². The van der Waals surface area contributed by atoms with E-state index in [1.54, 1.807) is 55.5 Å². The van der Waals surface area contributed by atoms with E-state index in [-0.39, 0.29) is 12.1 Å². The Hall–Kier alpha value is -3.22. The molecule has 0 bridgehead atoms. The van der Waals surface area contributed by atoms with Gasteiger partial charge in [0.05, 0.1) is 11.4 Å². The number of nitrogens with two attached hydrogens (primary N) is 2. The van der Waals surface area contributed by atoms with Crippen LogP contribution < -0.4 is 22.1 Å². The van der Waals surface area contributed by atoms with E-state index in [1.165, 1.54) is 0 Å². The van der Waals surface area contributed by atoms with E-state index >= 15 is 0 Å². The highest BCUT2D eigenvalue weighted by Crippen LogP contribution is 2.43. The van der Waals surface area contributed by atoms with Gasteiger partial charge in [0.1, 0.15) is 0 Å². The van der Waals surface area contributed by atoms with Crippen LogP contribution in [0.3, 0.4) is 0 Å². The maximum Gasteiger partial charge on any atom is 0.255 e. The molecule has 0 aliphatic heterocycles. The zero-order valence-corrected chi connectivity index (χ0v) is 22.0. The lowest BCUT2D eigenvalue weighted by Crippen LogP contribution is -2.37. The minimum atomic E-state index is -3.63. The Morgan fingerprint density at radius 3 is 2.42 bits per heavy atom. The van der Waals surface area contributed by atoms with Crippen LogP contribution in [0.15, 0.2) is 84.2 Å². The molecule has 6 nitrogen and oxygen atoms in total. The molecule has 1 aromatic heterocycles. The maximum atomic E-state index is 13.1. The zero-order chi connectivity index (χ0) is 25.9. The highest BCUT2D eigenvalue weighted by Gasteiger charge is 2.30. The molecule has 0 spiro atoms. The first kappa shape index (κ1) is 25.9. The molecule has 186 valence electrons. The molecule has 0 saturated heterocycles. The van der Waals surface area contributed by atoms with Gasteiger partial charge in [-0.05, 0) is 78.7 Å². The summed E-state index contributed by atoms with van der Waals surface area (Å²) in [4.78, 5) is 24.8. The van der Waals surface area contributed by atoms with Gasteiger partial charge in [0.2, 0.25) is 7.37 Å². The maximum absolute atomic E-state index is 13.1. The summed E-state index contributed by atoms with van der Waals surface area (Å²) >= 11 is 1.62. The molecule has 1 amide bonds. The summed E-state index contributed by atoms with van der Waals surface area (Å²) in [5, 5.41) is 5.33. The van der Waals surface area contributed by atoms with Crippen molar-refractivity contribution < 1.29 is 14.3 Å². The predicted molar refractivity (Wildman–Crippen MR) is 150 cm³/mol. The second-order valence-electron chi connectivity index (χ2n) is 9.58. The lowest BCUT2D eigenvalue weighted by atomic mass is 10.0. The third-order valence-corrected chi connectivity index (χ3v) is 9.06. The molecule has 3 aromatic carbocycles. The van der Waals surface area contributed by atoms with Gasteiger partial charge in [-0.2, -0.15) is 0 Å². The second kappa shape index (κ2) is 10.4. The summed E-state index contributed by atoms with van der Waals surface area (Å²) in [6, 6.07) is 23.9. The number of nitrogen functional groups attached to an aromatic ring is 1. The molecular weight excluding hydrogens is 489 g/mol. The van der Waals surface area contributed by atoms with Crippen LogP contribution >= 0.6 is 18.7 Å². The van der Waals surface area contributed by atoms with Crippen molar-refractivity contribution in [3.05, 3.63) is 101 Å². The molecule has 0 radical (unpaired) electrons. The number of hydrogen-bond acceptors (Lipinski definition) is 5. The Balaban J connectivity index is 1.50. The van der Waals surface area contributed by atoms with Crippen LogP contribution in [0.2, 0.25) is 0 Å². The van der Waals surface area contributed by atoms with E-state index in [2.05, 4.69) is 5.32 Å². The number of thiophene rings is 1. The number of hydrogen-bond donors (Lipinski definition) is 4. The SMILES string of the molecule is CC(C)(N)CP(=O)(O)c1ccccc1Cc1ccc(C(=O)Nc2cc(-c3cccs3)ccc2N)cc1. The molecule has 1 unspecified atom stereocenters. The fraction of sp³-hybridized carbons (Fsp3) is 0.179. The van der Waals surface area contributed by atoms with Crippen molar-refractivity contribution in [1.29, 1.82) is 0 Å². The number of amides is 1. The Kier molecular flexibility index (Phi) is 7.48. The lowest BCUT2D eigenvalue weighted by molar-refractivity contribution is 0.102. The summed E-state index contributed by atoms with van der Waals surface area (Å²) in [5.74, 6) is -0.262. The summed E-state index contributed by atoms with van der Waals surface area (Å²) < 4.78 is 13.1. The lowest BCUT2D eigenvalue weighted by Gasteiger charge is -2.24. The number of carbonyl (C=O) groups excluding carboxylic acids is 1. The molecule has 1 atom stereocenters. The molecule has 36 heavy (non-hydrogen) atoms. The molecule has 1 heterocycles. The molecule has 4 rings (SSSR count). The van der Waals surface area contributed by atoms with Gasteiger partial charge < -0.3 is 21.7 Å². The van der Waals surface area contributed by atoms with Crippen molar-refractivity contribution in [2.75, 3.05) is 17.2 Å². The van der Waals surface area contributed by atoms with Gasteiger partial charge in [0, 0.05) is 27.4 Å². The standard InChI is InChI=1S/C28H30N3O3PS/c1-28(2,30)18-35(33,34)25-7-4-3-6-21(25)16-19-9-11-20(12-10-19)27(32)31-24-17-22(13-14-23(24)29)26-8-5-15-36-26/h3-15,17H,16,18,29-30H2,1-2H3,(H,31,32)(H,33,34). The van der Waals surface area contributed by atoms with Crippen molar-refractivity contribution in [2.45, 2.75) is 25.8 Å². The van der Waals surface area contributed by atoms with Gasteiger partial charge in [-0.3, -0.25) is 9.36 Å². The quantitative estimate of drug-likeness (QED) is 0.182. The number of carbonyl (C=O) groups is 1. The molecule has 0 fully saturated rings. The van der Waals surface area contributed by atoms with Crippen molar-refractivity contribution in [3.63, 3.8) is 0 Å². The fourth-order valence-corrected chi connectivity index (χ4v) is 7.01. The molecular formula is C28H30N3O3PS.